The quantitative estimate of drug-likeness (QED) is 0.827. The van der Waals surface area contributed by atoms with Crippen molar-refractivity contribution >= 4 is 11.7 Å². The number of hydrogen-bond donors (Lipinski definition) is 1. The molecule has 1 amide bonds. The number of amides is 1. The van der Waals surface area contributed by atoms with Crippen molar-refractivity contribution in [3.63, 3.8) is 0 Å². The third kappa shape index (κ3) is 3.05. The number of nitrogens with zero attached hydrogens (tertiary/aromatic N) is 5. The number of aromatic amines is 1. The molecule has 0 spiro atoms. The summed E-state index contributed by atoms with van der Waals surface area (Å²) >= 11 is 0. The Morgan fingerprint density at radius 3 is 2.92 bits per heavy atom. The van der Waals surface area contributed by atoms with E-state index in [1.54, 1.807) is 0 Å². The fourth-order valence-corrected chi connectivity index (χ4v) is 3.98. The molecule has 3 saturated heterocycles. The first-order chi connectivity index (χ1) is 12.5. The van der Waals surface area contributed by atoms with Crippen molar-refractivity contribution in [2.24, 2.45) is 5.92 Å². The molecule has 0 aromatic carbocycles. The van der Waals surface area contributed by atoms with Gasteiger partial charge in [0.25, 0.3) is 17.2 Å². The van der Waals surface area contributed by atoms with E-state index in [2.05, 4.69) is 39.9 Å². The molecule has 5 rings (SSSR count). The van der Waals surface area contributed by atoms with Crippen LogP contribution in [0.15, 0.2) is 29.0 Å². The molecule has 2 aromatic rings. The molecular formula is C18H24N6O2. The molecule has 0 unspecified atom stereocenters. The Labute approximate surface area is 151 Å². The van der Waals surface area contributed by atoms with Crippen LogP contribution >= 0.6 is 0 Å². The summed E-state index contributed by atoms with van der Waals surface area (Å²) in [7, 11) is 0. The van der Waals surface area contributed by atoms with Crippen LogP contribution in [0.1, 0.15) is 37.0 Å². The van der Waals surface area contributed by atoms with Crippen molar-refractivity contribution in [1.82, 2.24) is 29.4 Å². The van der Waals surface area contributed by atoms with Gasteiger partial charge in [0.2, 0.25) is 0 Å². The van der Waals surface area contributed by atoms with Crippen LogP contribution in [0.3, 0.4) is 0 Å². The zero-order chi connectivity index (χ0) is 18.3. The first-order valence-corrected chi connectivity index (χ1v) is 9.10. The topological polar surface area (TPSA) is 86.6 Å². The van der Waals surface area contributed by atoms with Crippen molar-refractivity contribution < 1.29 is 4.79 Å². The molecule has 3 aliphatic heterocycles. The highest BCUT2D eigenvalue weighted by Crippen LogP contribution is 2.28. The number of hydrogen-bond acceptors (Lipinski definition) is 5. The first kappa shape index (κ1) is 17.0. The molecule has 1 N–H and O–H groups in total. The van der Waals surface area contributed by atoms with Crippen LogP contribution in [0.2, 0.25) is 0 Å². The van der Waals surface area contributed by atoms with Gasteiger partial charge in [0.1, 0.15) is 11.9 Å². The van der Waals surface area contributed by atoms with E-state index in [0.29, 0.717) is 25.0 Å². The molecule has 8 heteroatoms. The lowest BCUT2D eigenvalue weighted by atomic mass is 9.95. The maximum Gasteiger partial charge on any atom is 0.286 e. The Morgan fingerprint density at radius 2 is 2.12 bits per heavy atom. The van der Waals surface area contributed by atoms with Gasteiger partial charge in [-0.05, 0) is 32.6 Å². The maximum atomic E-state index is 13.0. The fraction of sp³-hybridized carbons (Fsp3) is 0.556. The summed E-state index contributed by atoms with van der Waals surface area (Å²) < 4.78 is 1.21. The lowest BCUT2D eigenvalue weighted by Gasteiger charge is -2.35. The molecule has 26 heavy (non-hydrogen) atoms. The van der Waals surface area contributed by atoms with Crippen LogP contribution < -0.4 is 5.56 Å². The number of aromatic nitrogens is 4. The van der Waals surface area contributed by atoms with Gasteiger partial charge in [-0.3, -0.25) is 19.6 Å². The minimum Gasteiger partial charge on any atom is -0.337 e. The van der Waals surface area contributed by atoms with Crippen LogP contribution in [-0.4, -0.2) is 67.5 Å². The minimum atomic E-state index is -0.393. The van der Waals surface area contributed by atoms with E-state index in [4.69, 9.17) is 0 Å². The lowest BCUT2D eigenvalue weighted by Crippen LogP contribution is -2.45. The Kier molecular flexibility index (Phi) is 4.36. The van der Waals surface area contributed by atoms with Crippen LogP contribution in [0, 0.1) is 5.92 Å². The van der Waals surface area contributed by atoms with Crippen LogP contribution in [0.5, 0.6) is 0 Å². The van der Waals surface area contributed by atoms with Gasteiger partial charge < -0.3 is 4.90 Å². The first-order valence-electron chi connectivity index (χ1n) is 9.10. The van der Waals surface area contributed by atoms with E-state index in [0.717, 1.165) is 25.9 Å². The van der Waals surface area contributed by atoms with Crippen molar-refractivity contribution in [3.8, 4) is 0 Å². The number of allylic oxidation sites excluding steroid dienone is 1. The standard InChI is InChI=1S/C18H24N6O2/c1-12(2)5-6-22-8-13-3-4-14(22)10-23(9-13)16(25)15-7-19-18-20-11-21-24(18)17(15)26/h5,7,11,13-14H,3-4,6,8-10H2,1-2H3,(H,19,20,21)/t13-,14-/m0/s1. The zero-order valence-corrected chi connectivity index (χ0v) is 15.2. The average Bonchev–Trinajstić information content (AvgIpc) is 2.92. The second kappa shape index (κ2) is 6.68. The molecule has 0 radical (unpaired) electrons. The molecule has 2 bridgehead atoms. The number of carbonyl (C=O) groups is 1. The fourth-order valence-electron chi connectivity index (χ4n) is 3.98. The normalized spacial score (nSPS) is 23.2. The molecule has 2 aromatic heterocycles. The third-order valence-corrected chi connectivity index (χ3v) is 5.39. The number of carbonyl (C=O) groups excluding carboxylic acids is 1. The van der Waals surface area contributed by atoms with E-state index < -0.39 is 5.56 Å². The number of piperidine rings is 1. The molecule has 138 valence electrons. The van der Waals surface area contributed by atoms with Crippen molar-refractivity contribution in [2.75, 3.05) is 26.2 Å². The molecule has 0 saturated carbocycles. The zero-order valence-electron chi connectivity index (χ0n) is 15.2. The van der Waals surface area contributed by atoms with Crippen molar-refractivity contribution in [1.29, 1.82) is 0 Å². The lowest BCUT2D eigenvalue weighted by molar-refractivity contribution is 0.0738. The maximum absolute atomic E-state index is 13.0. The van der Waals surface area contributed by atoms with Gasteiger partial charge >= 0.3 is 0 Å². The molecular weight excluding hydrogens is 332 g/mol. The molecule has 8 nitrogen and oxygen atoms in total. The van der Waals surface area contributed by atoms with Crippen LogP contribution in [-0.2, 0) is 0 Å². The van der Waals surface area contributed by atoms with Gasteiger partial charge in [0.15, 0.2) is 0 Å². The molecule has 5 heterocycles. The number of H-pyrrole nitrogens is 1. The van der Waals surface area contributed by atoms with E-state index in [1.807, 2.05) is 4.90 Å². The summed E-state index contributed by atoms with van der Waals surface area (Å²) in [5.74, 6) is 0.498. The number of rotatable bonds is 3. The van der Waals surface area contributed by atoms with Gasteiger partial charge in [-0.2, -0.15) is 4.52 Å². The van der Waals surface area contributed by atoms with Crippen molar-refractivity contribution in [2.45, 2.75) is 32.7 Å². The highest BCUT2D eigenvalue weighted by Gasteiger charge is 2.36. The second-order valence-electron chi connectivity index (χ2n) is 7.54. The van der Waals surface area contributed by atoms with E-state index in [9.17, 15) is 9.59 Å². The van der Waals surface area contributed by atoms with E-state index >= 15 is 0 Å². The summed E-state index contributed by atoms with van der Waals surface area (Å²) in [4.78, 5) is 38.0. The van der Waals surface area contributed by atoms with Crippen LogP contribution in [0.25, 0.3) is 5.78 Å². The van der Waals surface area contributed by atoms with Gasteiger partial charge in [-0.1, -0.05) is 11.6 Å². The largest absolute Gasteiger partial charge is 0.337 e. The number of nitrogens with one attached hydrogen (secondary N) is 1. The minimum absolute atomic E-state index is 0.101. The van der Waals surface area contributed by atoms with Gasteiger partial charge in [0.05, 0.1) is 0 Å². The van der Waals surface area contributed by atoms with Gasteiger partial charge in [-0.15, -0.1) is 0 Å². The average molecular weight is 356 g/mol. The van der Waals surface area contributed by atoms with Gasteiger partial charge in [-0.25, -0.2) is 9.97 Å². The Morgan fingerprint density at radius 1 is 1.27 bits per heavy atom. The number of fused-ring (bicyclic) bond motifs is 5. The van der Waals surface area contributed by atoms with Crippen molar-refractivity contribution in [3.05, 3.63) is 40.1 Å². The summed E-state index contributed by atoms with van der Waals surface area (Å²) in [6, 6.07) is 0.347. The molecule has 3 aliphatic rings. The third-order valence-electron chi connectivity index (χ3n) is 5.39. The van der Waals surface area contributed by atoms with Gasteiger partial charge in [0, 0.05) is 38.4 Å². The molecule has 2 atom stereocenters. The predicted octanol–water partition coefficient (Wildman–Crippen LogP) is 0.920. The summed E-state index contributed by atoms with van der Waals surface area (Å²) in [5, 5.41) is 2.71. The Bertz CT molecular complexity index is 910. The predicted molar refractivity (Wildman–Crippen MR) is 97.0 cm³/mol. The second-order valence-corrected chi connectivity index (χ2v) is 7.54. The smallest absolute Gasteiger partial charge is 0.286 e. The Balaban J connectivity index is 1.58. The summed E-state index contributed by atoms with van der Waals surface area (Å²) in [6.07, 6.45) is 7.23. The molecule has 3 fully saturated rings. The van der Waals surface area contributed by atoms with Crippen LogP contribution in [0.4, 0.5) is 0 Å². The Hall–Kier alpha value is -2.48. The highest BCUT2D eigenvalue weighted by molar-refractivity contribution is 5.93. The van der Waals surface area contributed by atoms with E-state index in [1.165, 1.54) is 22.6 Å². The summed E-state index contributed by atoms with van der Waals surface area (Å²) in [5.41, 5.74) is 1.02. The summed E-state index contributed by atoms with van der Waals surface area (Å²) in [6.45, 7) is 7.52. The SMILES string of the molecule is CC(C)=CCN1C[C@@H]2CC[C@H]1CN(C(=O)c1cnc3nc[nH]n3c1=O)C2. The monoisotopic (exact) mass is 356 g/mol. The highest BCUT2D eigenvalue weighted by atomic mass is 16.2. The van der Waals surface area contributed by atoms with E-state index in [-0.39, 0.29) is 17.2 Å². The molecule has 0 aliphatic carbocycles.